The van der Waals surface area contributed by atoms with Gasteiger partial charge in [-0.2, -0.15) is 0 Å². The summed E-state index contributed by atoms with van der Waals surface area (Å²) in [5.74, 6) is 0.889. The molecule has 0 amide bonds. The number of hydrogen-bond donors (Lipinski definition) is 1. The van der Waals surface area contributed by atoms with E-state index in [1.54, 1.807) is 19.1 Å². The molecule has 0 saturated heterocycles. The van der Waals surface area contributed by atoms with Crippen molar-refractivity contribution in [1.29, 1.82) is 0 Å². The van der Waals surface area contributed by atoms with E-state index in [9.17, 15) is 0 Å². The Labute approximate surface area is 133 Å². The van der Waals surface area contributed by atoms with Crippen LogP contribution in [0.15, 0.2) is 34.6 Å². The molecule has 114 valence electrons. The Balaban J connectivity index is 2.02. The minimum absolute atomic E-state index is 0.176. The van der Waals surface area contributed by atoms with Crippen molar-refractivity contribution in [3.8, 4) is 5.75 Å². The van der Waals surface area contributed by atoms with Gasteiger partial charge in [0, 0.05) is 11.5 Å². The summed E-state index contributed by atoms with van der Waals surface area (Å²) in [5.41, 5.74) is 1.57. The standard InChI is InChI=1S/C14H16Cl2N2O3/c1-9(17-19)13(18-20-2)10-3-5-12(6-4-10)21-8-11-7-14(11,15)16/h3-6,11,19H,7-8H2,1-2H3/b17-9+,18-13+. The van der Waals surface area contributed by atoms with E-state index in [2.05, 4.69) is 10.3 Å². The maximum atomic E-state index is 8.85. The first-order chi connectivity index (χ1) is 9.97. The monoisotopic (exact) mass is 330 g/mol. The molecule has 0 spiro atoms. The third-order valence-electron chi connectivity index (χ3n) is 3.21. The van der Waals surface area contributed by atoms with Crippen LogP contribution in [0.5, 0.6) is 5.75 Å². The maximum absolute atomic E-state index is 8.85. The average Bonchev–Trinajstić information content (AvgIpc) is 3.10. The van der Waals surface area contributed by atoms with E-state index in [1.807, 2.05) is 12.1 Å². The Hall–Kier alpha value is -1.46. The van der Waals surface area contributed by atoms with Gasteiger partial charge in [0.2, 0.25) is 0 Å². The molecule has 1 aliphatic rings. The van der Waals surface area contributed by atoms with E-state index in [1.165, 1.54) is 7.11 Å². The van der Waals surface area contributed by atoms with Crippen molar-refractivity contribution in [1.82, 2.24) is 0 Å². The number of alkyl halides is 2. The third-order valence-corrected chi connectivity index (χ3v) is 4.14. The molecular weight excluding hydrogens is 315 g/mol. The van der Waals surface area contributed by atoms with Gasteiger partial charge in [0.1, 0.15) is 28.6 Å². The molecule has 1 aliphatic carbocycles. The second-order valence-electron chi connectivity index (χ2n) is 4.81. The van der Waals surface area contributed by atoms with Crippen LogP contribution < -0.4 is 4.74 Å². The van der Waals surface area contributed by atoms with Gasteiger partial charge in [0.25, 0.3) is 0 Å². The lowest BCUT2D eigenvalue weighted by atomic mass is 10.1. The molecule has 21 heavy (non-hydrogen) atoms. The van der Waals surface area contributed by atoms with Crippen LogP contribution in [0.2, 0.25) is 0 Å². The largest absolute Gasteiger partial charge is 0.493 e. The van der Waals surface area contributed by atoms with E-state index >= 15 is 0 Å². The van der Waals surface area contributed by atoms with Gasteiger partial charge in [-0.1, -0.05) is 10.3 Å². The first kappa shape index (κ1) is 15.9. The summed E-state index contributed by atoms with van der Waals surface area (Å²) >= 11 is 11.9. The molecule has 0 bridgehead atoms. The molecule has 2 rings (SSSR count). The van der Waals surface area contributed by atoms with Gasteiger partial charge in [0.05, 0.1) is 6.61 Å². The first-order valence-corrected chi connectivity index (χ1v) is 7.14. The van der Waals surface area contributed by atoms with Crippen molar-refractivity contribution in [2.75, 3.05) is 13.7 Å². The average molecular weight is 331 g/mol. The molecule has 1 atom stereocenters. The molecule has 0 aromatic heterocycles. The predicted molar refractivity (Wildman–Crippen MR) is 82.9 cm³/mol. The Bertz CT molecular complexity index is 556. The van der Waals surface area contributed by atoms with Crippen LogP contribution in [-0.4, -0.2) is 34.7 Å². The summed E-state index contributed by atoms with van der Waals surface area (Å²) in [6, 6.07) is 7.22. The van der Waals surface area contributed by atoms with Crippen molar-refractivity contribution < 1.29 is 14.8 Å². The highest BCUT2D eigenvalue weighted by molar-refractivity contribution is 6.50. The third kappa shape index (κ3) is 4.02. The Morgan fingerprint density at radius 2 is 2.00 bits per heavy atom. The lowest BCUT2D eigenvalue weighted by molar-refractivity contribution is 0.214. The van der Waals surface area contributed by atoms with Crippen LogP contribution in [0.3, 0.4) is 0 Å². The SMILES string of the molecule is CO/N=C(\C(C)=N\O)c1ccc(OCC2CC2(Cl)Cl)cc1. The zero-order valence-corrected chi connectivity index (χ0v) is 13.2. The molecule has 1 fully saturated rings. The van der Waals surface area contributed by atoms with Crippen molar-refractivity contribution in [3.63, 3.8) is 0 Å². The van der Waals surface area contributed by atoms with Crippen LogP contribution in [-0.2, 0) is 4.84 Å². The smallest absolute Gasteiger partial charge is 0.134 e. The number of oxime groups is 2. The summed E-state index contributed by atoms with van der Waals surface area (Å²) in [4.78, 5) is 4.76. The fourth-order valence-corrected chi connectivity index (χ4v) is 2.32. The number of rotatable bonds is 6. The predicted octanol–water partition coefficient (Wildman–Crippen LogP) is 3.46. The molecule has 1 unspecified atom stereocenters. The van der Waals surface area contributed by atoms with E-state index in [0.29, 0.717) is 23.8 Å². The zero-order chi connectivity index (χ0) is 15.5. The van der Waals surface area contributed by atoms with E-state index < -0.39 is 4.33 Å². The van der Waals surface area contributed by atoms with Crippen LogP contribution in [0.4, 0.5) is 0 Å². The van der Waals surface area contributed by atoms with Crippen molar-refractivity contribution in [2.24, 2.45) is 16.2 Å². The Morgan fingerprint density at radius 3 is 2.48 bits per heavy atom. The molecule has 5 nitrogen and oxygen atoms in total. The minimum atomic E-state index is -0.632. The van der Waals surface area contributed by atoms with Crippen LogP contribution >= 0.6 is 23.2 Å². The molecule has 0 aliphatic heterocycles. The number of ether oxygens (including phenoxy) is 1. The topological polar surface area (TPSA) is 63.4 Å². The second-order valence-corrected chi connectivity index (χ2v) is 6.35. The molecule has 7 heteroatoms. The van der Waals surface area contributed by atoms with E-state index in [-0.39, 0.29) is 5.92 Å². The van der Waals surface area contributed by atoms with Gasteiger partial charge >= 0.3 is 0 Å². The van der Waals surface area contributed by atoms with E-state index in [0.717, 1.165) is 12.0 Å². The summed E-state index contributed by atoms with van der Waals surface area (Å²) in [6.07, 6.45) is 0.755. The summed E-state index contributed by atoms with van der Waals surface area (Å²) in [7, 11) is 1.43. The zero-order valence-electron chi connectivity index (χ0n) is 11.7. The first-order valence-electron chi connectivity index (χ1n) is 6.39. The molecule has 1 N–H and O–H groups in total. The lowest BCUT2D eigenvalue weighted by Crippen LogP contribution is -2.13. The molecule has 0 heterocycles. The van der Waals surface area contributed by atoms with Gasteiger partial charge in [-0.25, -0.2) is 0 Å². The normalized spacial score (nSPS) is 21.0. The highest BCUT2D eigenvalue weighted by Gasteiger charge is 2.52. The molecule has 1 aromatic carbocycles. The quantitative estimate of drug-likeness (QED) is 0.376. The summed E-state index contributed by atoms with van der Waals surface area (Å²) in [5, 5.41) is 15.8. The highest BCUT2D eigenvalue weighted by atomic mass is 35.5. The number of nitrogens with zero attached hydrogens (tertiary/aromatic N) is 2. The molecular formula is C14H16Cl2N2O3. The van der Waals surface area contributed by atoms with Crippen LogP contribution in [0.1, 0.15) is 18.9 Å². The van der Waals surface area contributed by atoms with Gasteiger partial charge in [0.15, 0.2) is 0 Å². The van der Waals surface area contributed by atoms with Gasteiger partial charge < -0.3 is 14.8 Å². The molecule has 1 aromatic rings. The van der Waals surface area contributed by atoms with Gasteiger partial charge in [-0.3, -0.25) is 0 Å². The highest BCUT2D eigenvalue weighted by Crippen LogP contribution is 2.53. The fourth-order valence-electron chi connectivity index (χ4n) is 1.82. The summed E-state index contributed by atoms with van der Waals surface area (Å²) in [6.45, 7) is 2.12. The second kappa shape index (κ2) is 6.54. The van der Waals surface area contributed by atoms with E-state index in [4.69, 9.17) is 38.0 Å². The molecule has 1 saturated carbocycles. The molecule has 0 radical (unpaired) electrons. The van der Waals surface area contributed by atoms with Crippen LogP contribution in [0.25, 0.3) is 0 Å². The fraction of sp³-hybridized carbons (Fsp3) is 0.429. The Kier molecular flexibility index (Phi) is 4.96. The van der Waals surface area contributed by atoms with Crippen LogP contribution in [0, 0.1) is 5.92 Å². The summed E-state index contributed by atoms with van der Waals surface area (Å²) < 4.78 is 5.00. The number of halogens is 2. The lowest BCUT2D eigenvalue weighted by Gasteiger charge is -2.08. The van der Waals surface area contributed by atoms with Crippen molar-refractivity contribution in [2.45, 2.75) is 17.7 Å². The van der Waals surface area contributed by atoms with Gasteiger partial charge in [-0.05, 0) is 37.6 Å². The Morgan fingerprint density at radius 1 is 1.38 bits per heavy atom. The maximum Gasteiger partial charge on any atom is 0.134 e. The van der Waals surface area contributed by atoms with Crippen molar-refractivity contribution >= 4 is 34.6 Å². The number of hydrogen-bond acceptors (Lipinski definition) is 5. The van der Waals surface area contributed by atoms with Crippen molar-refractivity contribution in [3.05, 3.63) is 29.8 Å². The minimum Gasteiger partial charge on any atom is -0.493 e. The number of benzene rings is 1. The van der Waals surface area contributed by atoms with Gasteiger partial charge in [-0.15, -0.1) is 23.2 Å².